The molecule has 0 amide bonds. The van der Waals surface area contributed by atoms with Gasteiger partial charge in [0.2, 0.25) is 0 Å². The van der Waals surface area contributed by atoms with Gasteiger partial charge in [0, 0.05) is 42.7 Å². The Kier molecular flexibility index (Phi) is 5.57. The number of rotatable bonds is 8. The molecule has 0 radical (unpaired) electrons. The Bertz CT molecular complexity index is 1150. The third-order valence-corrected chi connectivity index (χ3v) is 6.59. The number of benzene rings is 1. The number of pyridine rings is 1. The van der Waals surface area contributed by atoms with Crippen LogP contribution in [-0.4, -0.2) is 37.2 Å². The first-order chi connectivity index (χ1) is 14.4. The molecule has 9 heteroatoms. The van der Waals surface area contributed by atoms with Crippen molar-refractivity contribution in [3.8, 4) is 17.0 Å². The van der Waals surface area contributed by atoms with Crippen molar-refractivity contribution in [1.29, 1.82) is 0 Å². The fourth-order valence-electron chi connectivity index (χ4n) is 3.19. The summed E-state index contributed by atoms with van der Waals surface area (Å²) in [6, 6.07) is 8.81. The van der Waals surface area contributed by atoms with Crippen LogP contribution in [0, 0.1) is 11.7 Å². The molecule has 1 saturated carbocycles. The number of aromatic nitrogens is 2. The van der Waals surface area contributed by atoms with E-state index in [1.165, 1.54) is 42.9 Å². The minimum absolute atomic E-state index is 0.00318. The van der Waals surface area contributed by atoms with E-state index in [9.17, 15) is 17.2 Å². The molecule has 158 valence electrons. The Morgan fingerprint density at radius 2 is 2.10 bits per heavy atom. The van der Waals surface area contributed by atoms with Crippen LogP contribution in [0.3, 0.4) is 0 Å². The molecule has 1 aromatic carbocycles. The number of nitrogens with one attached hydrogen (secondary N) is 1. The van der Waals surface area contributed by atoms with Gasteiger partial charge in [-0.2, -0.15) is 0 Å². The fraction of sp³-hybridized carbons (Fsp3) is 0.286. The summed E-state index contributed by atoms with van der Waals surface area (Å²) < 4.78 is 60.7. The quantitative estimate of drug-likeness (QED) is 0.590. The van der Waals surface area contributed by atoms with Crippen molar-refractivity contribution in [2.45, 2.75) is 24.0 Å². The molecule has 0 bridgehead atoms. The summed E-state index contributed by atoms with van der Waals surface area (Å²) in [7, 11) is -2.24. The Hall–Kier alpha value is -2.78. The molecule has 4 rings (SSSR count). The standard InChI is InChI=1S/C21H21F2N3O3S/c1-24-10-14-7-21(26(12-14)30(27,28)17-3-2-6-25-11-17)18-5-4-16(9-20(18)23)29-13-15-8-19(15)22/h2-7,9,11-12,15,19,24H,8,10,13H2,1H3/t15-,19-/m0/s1. The lowest BCUT2D eigenvalue weighted by Gasteiger charge is -2.12. The predicted molar refractivity (Wildman–Crippen MR) is 108 cm³/mol. The van der Waals surface area contributed by atoms with E-state index < -0.39 is 22.0 Å². The highest BCUT2D eigenvalue weighted by molar-refractivity contribution is 7.90. The first-order valence-corrected chi connectivity index (χ1v) is 10.9. The van der Waals surface area contributed by atoms with Crippen LogP contribution >= 0.6 is 0 Å². The van der Waals surface area contributed by atoms with Crippen LogP contribution in [0.15, 0.2) is 59.9 Å². The zero-order valence-corrected chi connectivity index (χ0v) is 17.1. The molecular formula is C21H21F2N3O3S. The second-order valence-electron chi connectivity index (χ2n) is 7.22. The molecule has 0 aliphatic heterocycles. The highest BCUT2D eigenvalue weighted by Crippen LogP contribution is 2.35. The fourth-order valence-corrected chi connectivity index (χ4v) is 4.54. The van der Waals surface area contributed by atoms with Gasteiger partial charge in [-0.3, -0.25) is 4.98 Å². The zero-order chi connectivity index (χ0) is 21.3. The van der Waals surface area contributed by atoms with Gasteiger partial charge in [-0.15, -0.1) is 0 Å². The minimum Gasteiger partial charge on any atom is -0.493 e. The number of hydrogen-bond donors (Lipinski definition) is 1. The average molecular weight is 433 g/mol. The van der Waals surface area contributed by atoms with Crippen LogP contribution in [0.2, 0.25) is 0 Å². The van der Waals surface area contributed by atoms with Crippen molar-refractivity contribution in [2.75, 3.05) is 13.7 Å². The molecule has 1 N–H and O–H groups in total. The Labute approximate surface area is 173 Å². The smallest absolute Gasteiger partial charge is 0.269 e. The lowest BCUT2D eigenvalue weighted by atomic mass is 10.1. The van der Waals surface area contributed by atoms with Crippen LogP contribution in [0.4, 0.5) is 8.78 Å². The summed E-state index contributed by atoms with van der Waals surface area (Å²) in [5.74, 6) is -0.491. The second kappa shape index (κ2) is 8.16. The zero-order valence-electron chi connectivity index (χ0n) is 16.3. The summed E-state index contributed by atoms with van der Waals surface area (Å²) in [5, 5.41) is 2.96. The van der Waals surface area contributed by atoms with Gasteiger partial charge in [-0.05, 0) is 49.4 Å². The topological polar surface area (TPSA) is 73.2 Å². The number of ether oxygens (including phenoxy) is 1. The van der Waals surface area contributed by atoms with E-state index in [1.807, 2.05) is 0 Å². The maximum Gasteiger partial charge on any atom is 0.269 e. The van der Waals surface area contributed by atoms with Gasteiger partial charge in [0.1, 0.15) is 22.6 Å². The molecule has 1 fully saturated rings. The molecule has 3 aromatic rings. The van der Waals surface area contributed by atoms with Crippen molar-refractivity contribution in [2.24, 2.45) is 5.92 Å². The van der Waals surface area contributed by atoms with E-state index in [2.05, 4.69) is 10.3 Å². The number of alkyl halides is 1. The van der Waals surface area contributed by atoms with E-state index in [1.54, 1.807) is 19.2 Å². The van der Waals surface area contributed by atoms with Gasteiger partial charge >= 0.3 is 0 Å². The van der Waals surface area contributed by atoms with Crippen molar-refractivity contribution >= 4 is 10.0 Å². The normalized spacial score (nSPS) is 18.4. The molecule has 0 spiro atoms. The highest BCUT2D eigenvalue weighted by atomic mass is 32.2. The number of halogens is 2. The SMILES string of the molecule is CNCc1cc(-c2ccc(OC[C@@H]3C[C@@H]3F)cc2F)n(S(=O)(=O)c2cccnc2)c1. The lowest BCUT2D eigenvalue weighted by Crippen LogP contribution is -2.14. The summed E-state index contributed by atoms with van der Waals surface area (Å²) >= 11 is 0. The summed E-state index contributed by atoms with van der Waals surface area (Å²) in [6.07, 6.45) is 3.81. The average Bonchev–Trinajstić information content (AvgIpc) is 3.27. The first-order valence-electron chi connectivity index (χ1n) is 9.48. The highest BCUT2D eigenvalue weighted by Gasteiger charge is 2.38. The molecule has 2 atom stereocenters. The van der Waals surface area contributed by atoms with E-state index >= 15 is 0 Å². The number of hydrogen-bond acceptors (Lipinski definition) is 5. The molecule has 0 saturated heterocycles. The lowest BCUT2D eigenvalue weighted by molar-refractivity contribution is 0.278. The van der Waals surface area contributed by atoms with Crippen LogP contribution in [0.1, 0.15) is 12.0 Å². The van der Waals surface area contributed by atoms with Crippen molar-refractivity contribution in [3.05, 3.63) is 66.4 Å². The van der Waals surface area contributed by atoms with E-state index in [4.69, 9.17) is 4.74 Å². The molecule has 30 heavy (non-hydrogen) atoms. The molecule has 0 unspecified atom stereocenters. The van der Waals surface area contributed by atoms with E-state index in [-0.39, 0.29) is 34.4 Å². The summed E-state index contributed by atoms with van der Waals surface area (Å²) in [5.41, 5.74) is 0.994. The van der Waals surface area contributed by atoms with Crippen LogP contribution < -0.4 is 10.1 Å². The van der Waals surface area contributed by atoms with Gasteiger partial charge in [0.05, 0.1) is 12.3 Å². The monoisotopic (exact) mass is 433 g/mol. The Balaban J connectivity index is 1.71. The van der Waals surface area contributed by atoms with Gasteiger partial charge in [-0.25, -0.2) is 21.2 Å². The van der Waals surface area contributed by atoms with Crippen LogP contribution in [-0.2, 0) is 16.6 Å². The minimum atomic E-state index is -3.97. The second-order valence-corrected chi connectivity index (χ2v) is 9.03. The molecule has 2 aromatic heterocycles. The third kappa shape index (κ3) is 4.08. The Morgan fingerprint density at radius 1 is 1.30 bits per heavy atom. The van der Waals surface area contributed by atoms with Gasteiger partial charge < -0.3 is 10.1 Å². The maximum atomic E-state index is 14.9. The molecule has 6 nitrogen and oxygen atoms in total. The third-order valence-electron chi connectivity index (χ3n) is 4.93. The first kappa shape index (κ1) is 20.5. The van der Waals surface area contributed by atoms with Gasteiger partial charge in [0.25, 0.3) is 10.0 Å². The maximum absolute atomic E-state index is 14.9. The van der Waals surface area contributed by atoms with E-state index in [0.29, 0.717) is 18.5 Å². The van der Waals surface area contributed by atoms with Crippen molar-refractivity contribution < 1.29 is 21.9 Å². The predicted octanol–water partition coefficient (Wildman–Crippen LogP) is 3.38. The van der Waals surface area contributed by atoms with E-state index in [0.717, 1.165) is 3.97 Å². The van der Waals surface area contributed by atoms with Gasteiger partial charge in [-0.1, -0.05) is 0 Å². The molecule has 1 aliphatic carbocycles. The molecule has 2 heterocycles. The molecule has 1 aliphatic rings. The van der Waals surface area contributed by atoms with Crippen molar-refractivity contribution in [1.82, 2.24) is 14.3 Å². The summed E-state index contributed by atoms with van der Waals surface area (Å²) in [4.78, 5) is 3.88. The molecular weight excluding hydrogens is 412 g/mol. The Morgan fingerprint density at radius 3 is 2.73 bits per heavy atom. The van der Waals surface area contributed by atoms with Crippen LogP contribution in [0.25, 0.3) is 11.3 Å². The van der Waals surface area contributed by atoms with Crippen LogP contribution in [0.5, 0.6) is 5.75 Å². The van der Waals surface area contributed by atoms with Crippen molar-refractivity contribution in [3.63, 3.8) is 0 Å². The number of nitrogens with zero attached hydrogens (tertiary/aromatic N) is 2. The summed E-state index contributed by atoms with van der Waals surface area (Å²) in [6.45, 7) is 0.606. The largest absolute Gasteiger partial charge is 0.493 e. The van der Waals surface area contributed by atoms with Gasteiger partial charge in [0.15, 0.2) is 0 Å².